The highest BCUT2D eigenvalue weighted by Gasteiger charge is 2.18. The van der Waals surface area contributed by atoms with Crippen molar-refractivity contribution >= 4 is 29.0 Å². The van der Waals surface area contributed by atoms with Crippen molar-refractivity contribution in [3.63, 3.8) is 0 Å². The number of ether oxygens (including phenoxy) is 3. The van der Waals surface area contributed by atoms with Crippen molar-refractivity contribution in [1.82, 2.24) is 9.38 Å². The molecule has 0 unspecified atom stereocenters. The Hall–Kier alpha value is -3.71. The lowest BCUT2D eigenvalue weighted by Crippen LogP contribution is -2.21. The molecule has 4 aromatic rings. The molecule has 32 heavy (non-hydrogen) atoms. The van der Waals surface area contributed by atoms with Gasteiger partial charge < -0.3 is 19.5 Å². The molecule has 0 fully saturated rings. The molecule has 0 aliphatic heterocycles. The highest BCUT2D eigenvalue weighted by atomic mass is 35.5. The van der Waals surface area contributed by atoms with Crippen molar-refractivity contribution in [2.45, 2.75) is 6.92 Å². The van der Waals surface area contributed by atoms with Gasteiger partial charge in [0.25, 0.3) is 5.91 Å². The topological polar surface area (TPSA) is 74.1 Å². The SMILES string of the molecule is COc1ccc(-c2nc3cc(C)ccn3c2NC(=O)COc2ccc(Cl)cc2)cc1OC. The zero-order chi connectivity index (χ0) is 22.7. The third-order valence-electron chi connectivity index (χ3n) is 4.88. The van der Waals surface area contributed by atoms with Gasteiger partial charge in [0.2, 0.25) is 0 Å². The molecule has 164 valence electrons. The highest BCUT2D eigenvalue weighted by Crippen LogP contribution is 2.35. The van der Waals surface area contributed by atoms with E-state index >= 15 is 0 Å². The van der Waals surface area contributed by atoms with Crippen molar-refractivity contribution < 1.29 is 19.0 Å². The average Bonchev–Trinajstić information content (AvgIpc) is 3.15. The first-order valence-electron chi connectivity index (χ1n) is 9.88. The number of halogens is 1. The van der Waals surface area contributed by atoms with Crippen LogP contribution in [0.25, 0.3) is 16.9 Å². The van der Waals surface area contributed by atoms with Gasteiger partial charge in [-0.3, -0.25) is 9.20 Å². The zero-order valence-corrected chi connectivity index (χ0v) is 18.6. The lowest BCUT2D eigenvalue weighted by atomic mass is 10.1. The molecule has 0 saturated carbocycles. The number of anilines is 1. The molecule has 2 heterocycles. The van der Waals surface area contributed by atoms with Crippen LogP contribution in [0.1, 0.15) is 5.56 Å². The second-order valence-corrected chi connectivity index (χ2v) is 7.54. The van der Waals surface area contributed by atoms with Crippen LogP contribution in [0.15, 0.2) is 60.8 Å². The Morgan fingerprint density at radius 3 is 2.50 bits per heavy atom. The fourth-order valence-corrected chi connectivity index (χ4v) is 3.42. The van der Waals surface area contributed by atoms with Crippen LogP contribution in [-0.4, -0.2) is 36.1 Å². The number of carbonyl (C=O) groups is 1. The van der Waals surface area contributed by atoms with Crippen LogP contribution in [0.5, 0.6) is 17.2 Å². The third-order valence-corrected chi connectivity index (χ3v) is 5.13. The van der Waals surface area contributed by atoms with E-state index in [0.717, 1.165) is 11.1 Å². The Kier molecular flexibility index (Phi) is 6.18. The molecule has 7 nitrogen and oxygen atoms in total. The Morgan fingerprint density at radius 1 is 1.03 bits per heavy atom. The number of nitrogens with one attached hydrogen (secondary N) is 1. The number of hydrogen-bond acceptors (Lipinski definition) is 5. The molecular formula is C24H22ClN3O4. The summed E-state index contributed by atoms with van der Waals surface area (Å²) in [5, 5.41) is 3.54. The summed E-state index contributed by atoms with van der Waals surface area (Å²) >= 11 is 5.89. The van der Waals surface area contributed by atoms with Crippen molar-refractivity contribution in [2.75, 3.05) is 26.1 Å². The molecule has 2 aromatic heterocycles. The number of carbonyl (C=O) groups excluding carboxylic acids is 1. The van der Waals surface area contributed by atoms with Crippen LogP contribution in [0.4, 0.5) is 5.82 Å². The number of amides is 1. The fraction of sp³-hybridized carbons (Fsp3) is 0.167. The number of aryl methyl sites for hydroxylation is 1. The zero-order valence-electron chi connectivity index (χ0n) is 17.9. The Labute approximate surface area is 190 Å². The van der Waals surface area contributed by atoms with E-state index < -0.39 is 0 Å². The largest absolute Gasteiger partial charge is 0.493 e. The Balaban J connectivity index is 1.66. The molecule has 2 aromatic carbocycles. The molecule has 1 N–H and O–H groups in total. The van der Waals surface area contributed by atoms with Gasteiger partial charge in [-0.2, -0.15) is 0 Å². The first-order chi connectivity index (χ1) is 15.5. The van der Waals surface area contributed by atoms with Crippen molar-refractivity contribution in [1.29, 1.82) is 0 Å². The van der Waals surface area contributed by atoms with Gasteiger partial charge in [-0.1, -0.05) is 11.6 Å². The normalized spacial score (nSPS) is 10.8. The number of rotatable bonds is 7. The number of pyridine rings is 1. The van der Waals surface area contributed by atoms with Gasteiger partial charge in [-0.25, -0.2) is 4.98 Å². The number of fused-ring (bicyclic) bond motifs is 1. The maximum atomic E-state index is 12.7. The first kappa shape index (κ1) is 21.5. The van der Waals surface area contributed by atoms with Gasteiger partial charge >= 0.3 is 0 Å². The number of hydrogen-bond donors (Lipinski definition) is 1. The van der Waals surface area contributed by atoms with Crippen LogP contribution < -0.4 is 19.5 Å². The van der Waals surface area contributed by atoms with Crippen LogP contribution in [0.3, 0.4) is 0 Å². The fourth-order valence-electron chi connectivity index (χ4n) is 3.30. The minimum Gasteiger partial charge on any atom is -0.493 e. The highest BCUT2D eigenvalue weighted by molar-refractivity contribution is 6.30. The van der Waals surface area contributed by atoms with Crippen molar-refractivity contribution in [2.24, 2.45) is 0 Å². The van der Waals surface area contributed by atoms with Gasteiger partial charge in [-0.05, 0) is 67.1 Å². The molecule has 0 saturated heterocycles. The quantitative estimate of drug-likeness (QED) is 0.428. The van der Waals surface area contributed by atoms with Gasteiger partial charge in [-0.15, -0.1) is 0 Å². The molecule has 0 spiro atoms. The summed E-state index contributed by atoms with van der Waals surface area (Å²) in [5.41, 5.74) is 3.16. The van der Waals surface area contributed by atoms with E-state index in [9.17, 15) is 4.79 Å². The number of benzene rings is 2. The predicted molar refractivity (Wildman–Crippen MR) is 124 cm³/mol. The number of aromatic nitrogens is 2. The van der Waals surface area contributed by atoms with E-state index in [0.29, 0.717) is 39.4 Å². The van der Waals surface area contributed by atoms with Gasteiger partial charge in [0.1, 0.15) is 22.9 Å². The van der Waals surface area contributed by atoms with E-state index in [2.05, 4.69) is 5.32 Å². The number of imidazole rings is 1. The average molecular weight is 452 g/mol. The monoisotopic (exact) mass is 451 g/mol. The smallest absolute Gasteiger partial charge is 0.263 e. The summed E-state index contributed by atoms with van der Waals surface area (Å²) in [6.07, 6.45) is 1.87. The molecule has 0 bridgehead atoms. The van der Waals surface area contributed by atoms with Crippen molar-refractivity contribution in [3.05, 3.63) is 71.4 Å². The summed E-state index contributed by atoms with van der Waals surface area (Å²) < 4.78 is 18.2. The van der Waals surface area contributed by atoms with Crippen LogP contribution in [0, 0.1) is 6.92 Å². The molecular weight excluding hydrogens is 430 g/mol. The number of nitrogens with zero attached hydrogens (tertiary/aromatic N) is 2. The van der Waals surface area contributed by atoms with E-state index in [1.165, 1.54) is 0 Å². The summed E-state index contributed by atoms with van der Waals surface area (Å²) in [4.78, 5) is 17.5. The summed E-state index contributed by atoms with van der Waals surface area (Å²) in [6, 6.07) is 16.2. The standard InChI is InChI=1S/C24H22ClN3O4/c1-15-10-11-28-21(12-15)26-23(16-4-9-19(30-2)20(13-16)31-3)24(28)27-22(29)14-32-18-7-5-17(25)6-8-18/h4-13H,14H2,1-3H3,(H,27,29). The molecule has 0 aliphatic rings. The Bertz CT molecular complexity index is 1270. The van der Waals surface area contributed by atoms with E-state index in [-0.39, 0.29) is 12.5 Å². The van der Waals surface area contributed by atoms with Crippen LogP contribution in [-0.2, 0) is 4.79 Å². The summed E-state index contributed by atoms with van der Waals surface area (Å²) in [5.74, 6) is 1.96. The van der Waals surface area contributed by atoms with Crippen LogP contribution in [0.2, 0.25) is 5.02 Å². The minimum absolute atomic E-state index is 0.161. The van der Waals surface area contributed by atoms with E-state index in [1.807, 2.05) is 41.8 Å². The summed E-state index contributed by atoms with van der Waals surface area (Å²) in [6.45, 7) is 1.83. The van der Waals surface area contributed by atoms with E-state index in [1.54, 1.807) is 44.6 Å². The lowest BCUT2D eigenvalue weighted by Gasteiger charge is -2.11. The maximum Gasteiger partial charge on any atom is 0.263 e. The second-order valence-electron chi connectivity index (χ2n) is 7.10. The number of methoxy groups -OCH3 is 2. The predicted octanol–water partition coefficient (Wildman–Crippen LogP) is 5.00. The molecule has 0 aliphatic carbocycles. The molecule has 0 atom stereocenters. The Morgan fingerprint density at radius 2 is 1.78 bits per heavy atom. The van der Waals surface area contributed by atoms with Crippen LogP contribution >= 0.6 is 11.6 Å². The first-order valence-corrected chi connectivity index (χ1v) is 10.3. The molecule has 4 rings (SSSR count). The van der Waals surface area contributed by atoms with Gasteiger partial charge in [0, 0.05) is 16.8 Å². The molecule has 1 amide bonds. The minimum atomic E-state index is -0.316. The maximum absolute atomic E-state index is 12.7. The molecule has 0 radical (unpaired) electrons. The lowest BCUT2D eigenvalue weighted by molar-refractivity contribution is -0.118. The molecule has 8 heteroatoms. The summed E-state index contributed by atoms with van der Waals surface area (Å²) in [7, 11) is 3.16. The second kappa shape index (κ2) is 9.20. The third kappa shape index (κ3) is 4.48. The van der Waals surface area contributed by atoms with Gasteiger partial charge in [0.05, 0.1) is 14.2 Å². The van der Waals surface area contributed by atoms with Gasteiger partial charge in [0.15, 0.2) is 18.1 Å². The van der Waals surface area contributed by atoms with Crippen molar-refractivity contribution in [3.8, 4) is 28.5 Å². The van der Waals surface area contributed by atoms with E-state index in [4.69, 9.17) is 30.8 Å².